The van der Waals surface area contributed by atoms with Gasteiger partial charge >= 0.3 is 0 Å². The zero-order valence-corrected chi connectivity index (χ0v) is 22.0. The molecule has 2 N–H and O–H groups in total. The molecule has 0 radical (unpaired) electrons. The van der Waals surface area contributed by atoms with Crippen LogP contribution in [0, 0.1) is 6.92 Å². The van der Waals surface area contributed by atoms with Crippen LogP contribution in [0.1, 0.15) is 17.8 Å². The first-order chi connectivity index (χ1) is 15.2. The number of fused-ring (bicyclic) bond motifs is 1. The molecule has 1 aromatic heterocycles. The third-order valence-corrected chi connectivity index (χ3v) is 6.63. The Labute approximate surface area is 212 Å². The molecule has 1 saturated heterocycles. The highest BCUT2D eigenvalue weighted by molar-refractivity contribution is 14.0. The predicted octanol–water partition coefficient (Wildman–Crippen LogP) is 4.27. The summed E-state index contributed by atoms with van der Waals surface area (Å²) < 4.78 is 2.29. The Balaban J connectivity index is 0.00000289. The number of benzene rings is 2. The third kappa shape index (κ3) is 6.31. The summed E-state index contributed by atoms with van der Waals surface area (Å²) in [5.41, 5.74) is 4.86. The standard InChI is InChI=1S/C24H32N6S.HI/c1-19-28-22-6-3-4-7-23(22)30(19)13-5-12-26-24(25-2)27-18-20-8-10-21(11-9-20)29-14-16-31-17-15-29;/h3-4,6-11H,5,12-18H2,1-2H3,(H2,25,26,27);1H. The normalized spacial score (nSPS) is 14.3. The van der Waals surface area contributed by atoms with Gasteiger partial charge in [-0.15, -0.1) is 24.0 Å². The lowest BCUT2D eigenvalue weighted by Gasteiger charge is -2.28. The number of guanidine groups is 1. The molecule has 8 heteroatoms. The lowest BCUT2D eigenvalue weighted by atomic mass is 10.2. The van der Waals surface area contributed by atoms with Crippen LogP contribution in [0.2, 0.25) is 0 Å². The van der Waals surface area contributed by atoms with Crippen molar-refractivity contribution in [3.8, 4) is 0 Å². The summed E-state index contributed by atoms with van der Waals surface area (Å²) in [5.74, 6) is 4.35. The summed E-state index contributed by atoms with van der Waals surface area (Å²) in [5, 5.41) is 6.85. The van der Waals surface area contributed by atoms with Crippen molar-refractivity contribution in [2.75, 3.05) is 43.1 Å². The lowest BCUT2D eigenvalue weighted by molar-refractivity contribution is 0.624. The summed E-state index contributed by atoms with van der Waals surface area (Å²) >= 11 is 2.04. The van der Waals surface area contributed by atoms with E-state index in [-0.39, 0.29) is 24.0 Å². The first-order valence-electron chi connectivity index (χ1n) is 11.0. The number of thioether (sulfide) groups is 1. The lowest BCUT2D eigenvalue weighted by Crippen LogP contribution is -2.37. The van der Waals surface area contributed by atoms with Gasteiger partial charge in [0.25, 0.3) is 0 Å². The molecule has 0 spiro atoms. The first-order valence-corrected chi connectivity index (χ1v) is 12.2. The van der Waals surface area contributed by atoms with Gasteiger partial charge in [-0.2, -0.15) is 11.8 Å². The molecule has 32 heavy (non-hydrogen) atoms. The fraction of sp³-hybridized carbons (Fsp3) is 0.417. The summed E-state index contributed by atoms with van der Waals surface area (Å²) in [6.45, 7) is 6.93. The SMILES string of the molecule is CN=C(NCCCn1c(C)nc2ccccc21)NCc1ccc(N2CCSCC2)cc1.I. The van der Waals surface area contributed by atoms with Gasteiger partial charge in [-0.3, -0.25) is 4.99 Å². The molecule has 0 bridgehead atoms. The van der Waals surface area contributed by atoms with Crippen LogP contribution < -0.4 is 15.5 Å². The van der Waals surface area contributed by atoms with Crippen molar-refractivity contribution < 1.29 is 0 Å². The molecular formula is C24H33IN6S. The summed E-state index contributed by atoms with van der Waals surface area (Å²) in [7, 11) is 1.82. The van der Waals surface area contributed by atoms with Crippen molar-refractivity contribution in [1.82, 2.24) is 20.2 Å². The Hall–Kier alpha value is -1.94. The van der Waals surface area contributed by atoms with Gasteiger partial charge in [0.2, 0.25) is 0 Å². The maximum Gasteiger partial charge on any atom is 0.191 e. The van der Waals surface area contributed by atoms with Gasteiger partial charge in [-0.05, 0) is 43.2 Å². The summed E-state index contributed by atoms with van der Waals surface area (Å²) in [6.07, 6.45) is 1.00. The second-order valence-electron chi connectivity index (χ2n) is 7.77. The van der Waals surface area contributed by atoms with Crippen LogP contribution >= 0.6 is 35.7 Å². The monoisotopic (exact) mass is 564 g/mol. The predicted molar refractivity (Wildman–Crippen MR) is 149 cm³/mol. The van der Waals surface area contributed by atoms with Crippen LogP contribution in [0.25, 0.3) is 11.0 Å². The van der Waals surface area contributed by atoms with Crippen LogP contribution in [0.4, 0.5) is 5.69 Å². The van der Waals surface area contributed by atoms with E-state index in [2.05, 4.69) is 79.5 Å². The molecule has 1 aliphatic heterocycles. The van der Waals surface area contributed by atoms with E-state index < -0.39 is 0 Å². The van der Waals surface area contributed by atoms with Crippen LogP contribution in [0.3, 0.4) is 0 Å². The van der Waals surface area contributed by atoms with E-state index in [9.17, 15) is 0 Å². The topological polar surface area (TPSA) is 57.5 Å². The second kappa shape index (κ2) is 12.3. The molecule has 1 fully saturated rings. The Kier molecular flexibility index (Phi) is 9.52. The van der Waals surface area contributed by atoms with Crippen molar-refractivity contribution in [3.05, 3.63) is 59.9 Å². The number of hydrogen-bond donors (Lipinski definition) is 2. The van der Waals surface area contributed by atoms with Gasteiger partial charge in [0, 0.05) is 57.0 Å². The van der Waals surface area contributed by atoms with Gasteiger partial charge in [-0.1, -0.05) is 24.3 Å². The number of imidazole rings is 1. The van der Waals surface area contributed by atoms with Gasteiger partial charge in [0.1, 0.15) is 5.82 Å². The Morgan fingerprint density at radius 3 is 2.56 bits per heavy atom. The molecule has 2 heterocycles. The molecule has 0 saturated carbocycles. The van der Waals surface area contributed by atoms with Crippen molar-refractivity contribution in [3.63, 3.8) is 0 Å². The fourth-order valence-corrected chi connectivity index (χ4v) is 4.88. The Morgan fingerprint density at radius 1 is 1.06 bits per heavy atom. The number of aromatic nitrogens is 2. The molecular weight excluding hydrogens is 531 g/mol. The Bertz CT molecular complexity index is 1010. The largest absolute Gasteiger partial charge is 0.370 e. The number of anilines is 1. The minimum absolute atomic E-state index is 0. The number of aryl methyl sites for hydroxylation is 2. The molecule has 0 aliphatic carbocycles. The van der Waals surface area contributed by atoms with E-state index in [4.69, 9.17) is 0 Å². The molecule has 3 aromatic rings. The zero-order chi connectivity index (χ0) is 21.5. The van der Waals surface area contributed by atoms with E-state index >= 15 is 0 Å². The van der Waals surface area contributed by atoms with Crippen LogP contribution in [0.15, 0.2) is 53.5 Å². The van der Waals surface area contributed by atoms with E-state index in [1.807, 2.05) is 24.9 Å². The second-order valence-corrected chi connectivity index (χ2v) is 9.00. The van der Waals surface area contributed by atoms with Crippen LogP contribution in [0.5, 0.6) is 0 Å². The average molecular weight is 565 g/mol. The molecule has 6 nitrogen and oxygen atoms in total. The van der Waals surface area contributed by atoms with Gasteiger partial charge < -0.3 is 20.1 Å². The summed E-state index contributed by atoms with van der Waals surface area (Å²) in [6, 6.07) is 17.2. The van der Waals surface area contributed by atoms with Gasteiger partial charge in [-0.25, -0.2) is 4.98 Å². The van der Waals surface area contributed by atoms with Crippen molar-refractivity contribution >= 4 is 58.4 Å². The number of halogens is 1. The quantitative estimate of drug-likeness (QED) is 0.194. The van der Waals surface area contributed by atoms with Gasteiger partial charge in [0.05, 0.1) is 11.0 Å². The number of nitrogens with one attached hydrogen (secondary N) is 2. The van der Waals surface area contributed by atoms with Crippen molar-refractivity contribution in [2.24, 2.45) is 4.99 Å². The molecule has 0 atom stereocenters. The number of rotatable bonds is 7. The highest BCUT2D eigenvalue weighted by Gasteiger charge is 2.11. The molecule has 0 amide bonds. The molecule has 172 valence electrons. The smallest absolute Gasteiger partial charge is 0.191 e. The maximum atomic E-state index is 4.64. The Morgan fingerprint density at radius 2 is 1.81 bits per heavy atom. The van der Waals surface area contributed by atoms with Gasteiger partial charge in [0.15, 0.2) is 5.96 Å². The van der Waals surface area contributed by atoms with E-state index in [0.717, 1.165) is 56.4 Å². The number of nitrogens with zero attached hydrogens (tertiary/aromatic N) is 4. The zero-order valence-electron chi connectivity index (χ0n) is 18.9. The van der Waals surface area contributed by atoms with Crippen molar-refractivity contribution in [1.29, 1.82) is 0 Å². The number of hydrogen-bond acceptors (Lipinski definition) is 4. The number of aliphatic imine (C=N–C) groups is 1. The molecule has 4 rings (SSSR count). The number of para-hydroxylation sites is 2. The van der Waals surface area contributed by atoms with E-state index in [0.29, 0.717) is 0 Å². The average Bonchev–Trinajstić information content (AvgIpc) is 3.14. The van der Waals surface area contributed by atoms with Crippen LogP contribution in [-0.2, 0) is 13.1 Å². The summed E-state index contributed by atoms with van der Waals surface area (Å²) in [4.78, 5) is 11.5. The maximum absolute atomic E-state index is 4.64. The van der Waals surface area contributed by atoms with E-state index in [1.54, 1.807) is 0 Å². The fourth-order valence-electron chi connectivity index (χ4n) is 3.97. The van der Waals surface area contributed by atoms with Crippen molar-refractivity contribution in [2.45, 2.75) is 26.4 Å². The first kappa shape index (κ1) is 24.7. The third-order valence-electron chi connectivity index (χ3n) is 5.69. The minimum atomic E-state index is 0. The molecule has 0 unspecified atom stereocenters. The molecule has 2 aromatic carbocycles. The minimum Gasteiger partial charge on any atom is -0.370 e. The molecule has 1 aliphatic rings. The van der Waals surface area contributed by atoms with E-state index in [1.165, 1.54) is 28.3 Å². The highest BCUT2D eigenvalue weighted by atomic mass is 127. The highest BCUT2D eigenvalue weighted by Crippen LogP contribution is 2.20. The van der Waals surface area contributed by atoms with Crippen LogP contribution in [-0.4, -0.2) is 53.7 Å².